The number of hydrogen-bond acceptors (Lipinski definition) is 5. The highest BCUT2D eigenvalue weighted by Gasteiger charge is 2.56. The number of nitrogens with one attached hydrogen (secondary N) is 1. The molecule has 1 N–H and O–H groups in total. The molecule has 2 aliphatic rings. The summed E-state index contributed by atoms with van der Waals surface area (Å²) in [7, 11) is 0. The van der Waals surface area contributed by atoms with Crippen LogP contribution in [0.2, 0.25) is 0 Å². The van der Waals surface area contributed by atoms with E-state index >= 15 is 0 Å². The summed E-state index contributed by atoms with van der Waals surface area (Å²) in [4.78, 5) is 38.4. The molecule has 158 valence electrons. The van der Waals surface area contributed by atoms with Gasteiger partial charge in [0.05, 0.1) is 0 Å². The van der Waals surface area contributed by atoms with Crippen LogP contribution in [0.25, 0.3) is 0 Å². The van der Waals surface area contributed by atoms with E-state index in [1.165, 1.54) is 24.3 Å². The van der Waals surface area contributed by atoms with Gasteiger partial charge in [0, 0.05) is 0 Å². The molecule has 1 aromatic rings. The fourth-order valence-electron chi connectivity index (χ4n) is 4.67. The highest BCUT2D eigenvalue weighted by molar-refractivity contribution is 6.08. The van der Waals surface area contributed by atoms with Crippen LogP contribution in [0.5, 0.6) is 5.75 Å². The molecule has 1 saturated heterocycles. The number of carbonyl (C=O) groups excluding carboxylic acids is 3. The van der Waals surface area contributed by atoms with Gasteiger partial charge >= 0.3 is 12.0 Å². The number of esters is 1. The minimum Gasteiger partial charge on any atom is -0.490 e. The van der Waals surface area contributed by atoms with Crippen molar-refractivity contribution in [1.29, 1.82) is 0 Å². The lowest BCUT2D eigenvalue weighted by atomic mass is 9.64. The number of hydrogen-bond donors (Lipinski definition) is 1. The first-order chi connectivity index (χ1) is 13.6. The van der Waals surface area contributed by atoms with Crippen molar-refractivity contribution in [1.82, 2.24) is 10.2 Å². The van der Waals surface area contributed by atoms with Gasteiger partial charge in [0.1, 0.15) is 36.9 Å². The van der Waals surface area contributed by atoms with Gasteiger partial charge in [-0.2, -0.15) is 0 Å². The summed E-state index contributed by atoms with van der Waals surface area (Å²) in [5.74, 6) is -0.671. The molecule has 2 atom stereocenters. The molecule has 0 bridgehead atoms. The number of urea groups is 1. The van der Waals surface area contributed by atoms with Crippen molar-refractivity contribution in [3.05, 3.63) is 30.1 Å². The lowest BCUT2D eigenvalue weighted by molar-refractivity contribution is -0.149. The zero-order valence-corrected chi connectivity index (χ0v) is 17.0. The van der Waals surface area contributed by atoms with Crippen molar-refractivity contribution < 1.29 is 28.2 Å². The van der Waals surface area contributed by atoms with Crippen LogP contribution in [0.15, 0.2) is 24.3 Å². The SMILES string of the molecule is C[C@H]1CC(C)(C)C[C@@]2(C1)NC(=O)N(CC(=O)OCCOc1ccc(F)cc1)C2=O. The molecule has 1 heterocycles. The number of imide groups is 1. The summed E-state index contributed by atoms with van der Waals surface area (Å²) in [6.45, 7) is 5.84. The normalized spacial score (nSPS) is 25.8. The second-order valence-electron chi connectivity index (χ2n) is 8.78. The van der Waals surface area contributed by atoms with Gasteiger partial charge in [0.25, 0.3) is 5.91 Å². The first kappa shape index (κ1) is 21.1. The smallest absolute Gasteiger partial charge is 0.326 e. The molecule has 3 rings (SSSR count). The molecule has 1 aliphatic heterocycles. The molecular formula is C21H27FN2O5. The summed E-state index contributed by atoms with van der Waals surface area (Å²) in [5.41, 5.74) is -1.01. The zero-order chi connectivity index (χ0) is 21.2. The molecule has 1 saturated carbocycles. The van der Waals surface area contributed by atoms with Crippen LogP contribution in [-0.2, 0) is 14.3 Å². The van der Waals surface area contributed by atoms with Crippen LogP contribution in [0.3, 0.4) is 0 Å². The Labute approximate surface area is 169 Å². The highest BCUT2D eigenvalue weighted by Crippen LogP contribution is 2.46. The second-order valence-corrected chi connectivity index (χ2v) is 8.78. The Morgan fingerprint density at radius 3 is 2.55 bits per heavy atom. The molecule has 1 spiro atoms. The summed E-state index contributed by atoms with van der Waals surface area (Å²) in [6.07, 6.45) is 2.10. The molecule has 1 aromatic carbocycles. The lowest BCUT2D eigenvalue weighted by Crippen LogP contribution is -2.54. The van der Waals surface area contributed by atoms with Crippen LogP contribution in [0, 0.1) is 17.2 Å². The molecule has 1 aliphatic carbocycles. The van der Waals surface area contributed by atoms with Crippen LogP contribution in [0.1, 0.15) is 40.0 Å². The third-order valence-electron chi connectivity index (χ3n) is 5.34. The van der Waals surface area contributed by atoms with Gasteiger partial charge in [-0.05, 0) is 54.9 Å². The Balaban J connectivity index is 1.50. The Bertz CT molecular complexity index is 795. The van der Waals surface area contributed by atoms with E-state index < -0.39 is 24.1 Å². The highest BCUT2D eigenvalue weighted by atomic mass is 19.1. The van der Waals surface area contributed by atoms with Crippen molar-refractivity contribution in [2.24, 2.45) is 11.3 Å². The van der Waals surface area contributed by atoms with Crippen molar-refractivity contribution in [3.8, 4) is 5.75 Å². The maximum Gasteiger partial charge on any atom is 0.326 e. The third-order valence-corrected chi connectivity index (χ3v) is 5.34. The van der Waals surface area contributed by atoms with Crippen molar-refractivity contribution in [2.75, 3.05) is 19.8 Å². The van der Waals surface area contributed by atoms with E-state index in [0.29, 0.717) is 24.5 Å². The predicted molar refractivity (Wildman–Crippen MR) is 103 cm³/mol. The number of carbonyl (C=O) groups is 3. The Kier molecular flexibility index (Phi) is 5.82. The maximum absolute atomic E-state index is 13.0. The van der Waals surface area contributed by atoms with Gasteiger partial charge in [-0.1, -0.05) is 20.8 Å². The quantitative estimate of drug-likeness (QED) is 0.446. The molecule has 2 fully saturated rings. The lowest BCUT2D eigenvalue weighted by Gasteiger charge is -2.43. The number of ether oxygens (including phenoxy) is 2. The first-order valence-electron chi connectivity index (χ1n) is 9.78. The third kappa shape index (κ3) is 4.86. The number of benzene rings is 1. The van der Waals surface area contributed by atoms with E-state index in [1.807, 2.05) is 0 Å². The summed E-state index contributed by atoms with van der Waals surface area (Å²) < 4.78 is 23.3. The molecular weight excluding hydrogens is 379 g/mol. The molecule has 3 amide bonds. The Morgan fingerprint density at radius 1 is 1.21 bits per heavy atom. The summed E-state index contributed by atoms with van der Waals surface area (Å²) in [6, 6.07) is 4.91. The van der Waals surface area contributed by atoms with Crippen molar-refractivity contribution in [3.63, 3.8) is 0 Å². The predicted octanol–water partition coefficient (Wildman–Crippen LogP) is 2.88. The van der Waals surface area contributed by atoms with Gasteiger partial charge in [-0.25, -0.2) is 9.18 Å². The van der Waals surface area contributed by atoms with Crippen LogP contribution in [-0.4, -0.2) is 48.1 Å². The first-order valence-corrected chi connectivity index (χ1v) is 9.78. The minimum atomic E-state index is -0.940. The number of amides is 3. The summed E-state index contributed by atoms with van der Waals surface area (Å²) in [5, 5.41) is 2.83. The average Bonchev–Trinajstić information content (AvgIpc) is 2.82. The monoisotopic (exact) mass is 406 g/mol. The summed E-state index contributed by atoms with van der Waals surface area (Å²) >= 11 is 0. The maximum atomic E-state index is 13.0. The van der Waals surface area contributed by atoms with Gasteiger partial charge in [0.2, 0.25) is 0 Å². The number of rotatable bonds is 6. The Morgan fingerprint density at radius 2 is 1.90 bits per heavy atom. The standard InChI is InChI=1S/C21H27FN2O5/c1-14-10-20(2,3)13-21(11-14)18(26)24(19(27)23-21)12-17(25)29-9-8-28-16-6-4-15(22)5-7-16/h4-7,14H,8-13H2,1-3H3,(H,23,27)/t14-,21+/m0/s1. The van der Waals surface area contributed by atoms with Crippen LogP contribution in [0.4, 0.5) is 9.18 Å². The van der Waals surface area contributed by atoms with Gasteiger partial charge in [-0.3, -0.25) is 14.5 Å². The van der Waals surface area contributed by atoms with Crippen LogP contribution < -0.4 is 10.1 Å². The molecule has 8 heteroatoms. The van der Waals surface area contributed by atoms with E-state index in [0.717, 1.165) is 11.3 Å². The zero-order valence-electron chi connectivity index (χ0n) is 17.0. The van der Waals surface area contributed by atoms with Crippen molar-refractivity contribution in [2.45, 2.75) is 45.6 Å². The largest absolute Gasteiger partial charge is 0.490 e. The topological polar surface area (TPSA) is 84.9 Å². The van der Waals surface area contributed by atoms with Gasteiger partial charge < -0.3 is 14.8 Å². The molecule has 0 radical (unpaired) electrons. The van der Waals surface area contributed by atoms with E-state index in [2.05, 4.69) is 26.1 Å². The van der Waals surface area contributed by atoms with Gasteiger partial charge in [0.15, 0.2) is 0 Å². The van der Waals surface area contributed by atoms with Crippen molar-refractivity contribution >= 4 is 17.9 Å². The van der Waals surface area contributed by atoms with Crippen LogP contribution >= 0.6 is 0 Å². The average molecular weight is 406 g/mol. The molecule has 0 aromatic heterocycles. The molecule has 7 nitrogen and oxygen atoms in total. The van der Waals surface area contributed by atoms with E-state index in [1.54, 1.807) is 0 Å². The number of halogens is 1. The number of nitrogens with zero attached hydrogens (tertiary/aromatic N) is 1. The fourth-order valence-corrected chi connectivity index (χ4v) is 4.67. The Hall–Kier alpha value is -2.64. The molecule has 29 heavy (non-hydrogen) atoms. The molecule has 0 unspecified atom stereocenters. The second kappa shape index (κ2) is 8.00. The van der Waals surface area contributed by atoms with E-state index in [9.17, 15) is 18.8 Å². The van der Waals surface area contributed by atoms with E-state index in [-0.39, 0.29) is 30.4 Å². The van der Waals surface area contributed by atoms with E-state index in [4.69, 9.17) is 9.47 Å². The van der Waals surface area contributed by atoms with Gasteiger partial charge in [-0.15, -0.1) is 0 Å². The minimum absolute atomic E-state index is 0.0466. The fraction of sp³-hybridized carbons (Fsp3) is 0.571.